The highest BCUT2D eigenvalue weighted by Crippen LogP contribution is 2.28. The number of hydrogen-bond donors (Lipinski definition) is 1. The number of rotatable bonds is 7. The molecule has 34 heavy (non-hydrogen) atoms. The predicted molar refractivity (Wildman–Crippen MR) is 126 cm³/mol. The second-order valence-electron chi connectivity index (χ2n) is 8.00. The van der Waals surface area contributed by atoms with Crippen LogP contribution in [0.25, 0.3) is 0 Å². The number of hydrogen-bond acceptors (Lipinski definition) is 5. The fraction of sp³-hybridized carbons (Fsp3) is 0.160. The molecule has 1 aliphatic rings. The Balaban J connectivity index is 1.62. The molecule has 1 aliphatic heterocycles. The molecule has 2 N–H and O–H groups in total. The standard InChI is InChI=1S/C25H23N3O5S/c26-34(32,33)21-13-11-20(12-14-21)28-24(30)16-22(25(28)31)27(17-19-9-5-2-6-10-19)23(29)15-18-7-3-1-4-8-18/h1-14,22H,15-17H2,(H2,26,32,33). The summed E-state index contributed by atoms with van der Waals surface area (Å²) in [5.41, 5.74) is 1.86. The van der Waals surface area contributed by atoms with E-state index in [0.717, 1.165) is 16.0 Å². The van der Waals surface area contributed by atoms with Crippen molar-refractivity contribution in [1.82, 2.24) is 4.90 Å². The van der Waals surface area contributed by atoms with Gasteiger partial charge in [-0.1, -0.05) is 60.7 Å². The zero-order valence-corrected chi connectivity index (χ0v) is 19.0. The molecule has 1 atom stereocenters. The van der Waals surface area contributed by atoms with Crippen LogP contribution in [0.2, 0.25) is 0 Å². The van der Waals surface area contributed by atoms with Crippen molar-refractivity contribution in [3.8, 4) is 0 Å². The van der Waals surface area contributed by atoms with Crippen LogP contribution in [0.5, 0.6) is 0 Å². The Morgan fingerprint density at radius 2 is 1.44 bits per heavy atom. The molecule has 4 rings (SSSR count). The van der Waals surface area contributed by atoms with Gasteiger partial charge in [-0.25, -0.2) is 18.5 Å². The second kappa shape index (κ2) is 9.58. The summed E-state index contributed by atoms with van der Waals surface area (Å²) in [5.74, 6) is -1.28. The number of carbonyl (C=O) groups excluding carboxylic acids is 3. The van der Waals surface area contributed by atoms with Gasteiger partial charge >= 0.3 is 0 Å². The lowest BCUT2D eigenvalue weighted by atomic mass is 10.1. The molecule has 0 spiro atoms. The van der Waals surface area contributed by atoms with Crippen molar-refractivity contribution in [2.24, 2.45) is 5.14 Å². The zero-order chi connectivity index (χ0) is 24.3. The SMILES string of the molecule is NS(=O)(=O)c1ccc(N2C(=O)CC(N(Cc3ccccc3)C(=O)Cc3ccccc3)C2=O)cc1. The molecule has 1 fully saturated rings. The molecular formula is C25H23N3O5S. The van der Waals surface area contributed by atoms with Crippen LogP contribution in [0.4, 0.5) is 5.69 Å². The first-order valence-corrected chi connectivity index (χ1v) is 12.2. The average molecular weight is 478 g/mol. The molecule has 174 valence electrons. The lowest BCUT2D eigenvalue weighted by Crippen LogP contribution is -2.45. The molecule has 0 aliphatic carbocycles. The second-order valence-corrected chi connectivity index (χ2v) is 9.56. The number of sulfonamides is 1. The fourth-order valence-electron chi connectivity index (χ4n) is 3.94. The van der Waals surface area contributed by atoms with E-state index in [4.69, 9.17) is 5.14 Å². The minimum atomic E-state index is -3.91. The Morgan fingerprint density at radius 1 is 0.882 bits per heavy atom. The predicted octanol–water partition coefficient (Wildman–Crippen LogP) is 2.24. The third-order valence-corrected chi connectivity index (χ3v) is 6.57. The minimum Gasteiger partial charge on any atom is -0.325 e. The van der Waals surface area contributed by atoms with E-state index < -0.39 is 27.9 Å². The van der Waals surface area contributed by atoms with E-state index in [1.165, 1.54) is 29.2 Å². The van der Waals surface area contributed by atoms with Crippen molar-refractivity contribution in [1.29, 1.82) is 0 Å². The van der Waals surface area contributed by atoms with Crippen molar-refractivity contribution < 1.29 is 22.8 Å². The molecule has 3 aromatic rings. The van der Waals surface area contributed by atoms with E-state index in [-0.39, 0.29) is 35.9 Å². The van der Waals surface area contributed by atoms with E-state index in [9.17, 15) is 22.8 Å². The number of imide groups is 1. The molecule has 3 amide bonds. The molecular weight excluding hydrogens is 454 g/mol. The molecule has 1 saturated heterocycles. The summed E-state index contributed by atoms with van der Waals surface area (Å²) in [5, 5.41) is 5.13. The monoisotopic (exact) mass is 477 g/mol. The van der Waals surface area contributed by atoms with Crippen LogP contribution < -0.4 is 10.0 Å². The summed E-state index contributed by atoms with van der Waals surface area (Å²) in [6.07, 6.45) is -0.0716. The highest BCUT2D eigenvalue weighted by Gasteiger charge is 2.44. The van der Waals surface area contributed by atoms with Gasteiger partial charge in [-0.3, -0.25) is 14.4 Å². The van der Waals surface area contributed by atoms with Gasteiger partial charge in [0.25, 0.3) is 5.91 Å². The highest BCUT2D eigenvalue weighted by molar-refractivity contribution is 7.89. The minimum absolute atomic E-state index is 0.0920. The zero-order valence-electron chi connectivity index (χ0n) is 18.2. The molecule has 0 saturated carbocycles. The average Bonchev–Trinajstić information content (AvgIpc) is 3.11. The summed E-state index contributed by atoms with van der Waals surface area (Å²) in [4.78, 5) is 41.8. The van der Waals surface area contributed by atoms with Crippen LogP contribution in [-0.2, 0) is 37.4 Å². The van der Waals surface area contributed by atoms with Gasteiger partial charge in [0.05, 0.1) is 23.4 Å². The number of benzene rings is 3. The Hall–Kier alpha value is -3.82. The Labute approximate surface area is 197 Å². The van der Waals surface area contributed by atoms with Gasteiger partial charge in [0.1, 0.15) is 6.04 Å². The van der Waals surface area contributed by atoms with Crippen LogP contribution >= 0.6 is 0 Å². The molecule has 1 unspecified atom stereocenters. The van der Waals surface area contributed by atoms with Gasteiger partial charge in [0.15, 0.2) is 0 Å². The first kappa shape index (κ1) is 23.3. The van der Waals surface area contributed by atoms with Crippen molar-refractivity contribution in [3.05, 3.63) is 96.1 Å². The number of anilines is 1. The number of nitrogens with zero attached hydrogens (tertiary/aromatic N) is 2. The van der Waals surface area contributed by atoms with E-state index in [1.807, 2.05) is 60.7 Å². The van der Waals surface area contributed by atoms with Gasteiger partial charge in [-0.05, 0) is 35.4 Å². The number of carbonyl (C=O) groups is 3. The third-order valence-electron chi connectivity index (χ3n) is 5.64. The molecule has 8 nitrogen and oxygen atoms in total. The maximum absolute atomic E-state index is 13.4. The largest absolute Gasteiger partial charge is 0.325 e. The Morgan fingerprint density at radius 3 is 2.00 bits per heavy atom. The quantitative estimate of drug-likeness (QED) is 0.524. The summed E-state index contributed by atoms with van der Waals surface area (Å²) in [6, 6.07) is 22.7. The first-order chi connectivity index (χ1) is 16.2. The lowest BCUT2D eigenvalue weighted by Gasteiger charge is -2.28. The van der Waals surface area contributed by atoms with Crippen molar-refractivity contribution >= 4 is 33.4 Å². The molecule has 0 bridgehead atoms. The maximum Gasteiger partial charge on any atom is 0.257 e. The normalized spacial score (nSPS) is 16.0. The van der Waals surface area contributed by atoms with Crippen molar-refractivity contribution in [2.75, 3.05) is 4.90 Å². The van der Waals surface area contributed by atoms with E-state index in [2.05, 4.69) is 0 Å². The van der Waals surface area contributed by atoms with E-state index >= 15 is 0 Å². The van der Waals surface area contributed by atoms with Gasteiger partial charge in [-0.2, -0.15) is 0 Å². The molecule has 1 heterocycles. The van der Waals surface area contributed by atoms with E-state index in [1.54, 1.807) is 0 Å². The topological polar surface area (TPSA) is 118 Å². The number of nitrogens with two attached hydrogens (primary N) is 1. The van der Waals surface area contributed by atoms with Gasteiger partial charge in [0.2, 0.25) is 21.8 Å². The Kier molecular flexibility index (Phi) is 6.58. The number of amides is 3. The van der Waals surface area contributed by atoms with Crippen LogP contribution in [0.3, 0.4) is 0 Å². The van der Waals surface area contributed by atoms with Gasteiger partial charge in [0, 0.05) is 6.54 Å². The van der Waals surface area contributed by atoms with Gasteiger partial charge in [-0.15, -0.1) is 0 Å². The maximum atomic E-state index is 13.4. The number of primary sulfonamides is 1. The summed E-state index contributed by atoms with van der Waals surface area (Å²) >= 11 is 0. The van der Waals surface area contributed by atoms with Crippen LogP contribution in [0.1, 0.15) is 17.5 Å². The Bertz CT molecular complexity index is 1310. The van der Waals surface area contributed by atoms with Crippen LogP contribution in [0.15, 0.2) is 89.8 Å². The smallest absolute Gasteiger partial charge is 0.257 e. The first-order valence-electron chi connectivity index (χ1n) is 10.6. The fourth-order valence-corrected chi connectivity index (χ4v) is 4.46. The summed E-state index contributed by atoms with van der Waals surface area (Å²) in [7, 11) is -3.91. The van der Waals surface area contributed by atoms with Crippen LogP contribution in [-0.4, -0.2) is 37.1 Å². The lowest BCUT2D eigenvalue weighted by molar-refractivity contribution is -0.138. The highest BCUT2D eigenvalue weighted by atomic mass is 32.2. The molecule has 3 aromatic carbocycles. The molecule has 0 radical (unpaired) electrons. The summed E-state index contributed by atoms with van der Waals surface area (Å²) in [6.45, 7) is 0.175. The molecule has 9 heteroatoms. The summed E-state index contributed by atoms with van der Waals surface area (Å²) < 4.78 is 23.0. The van der Waals surface area contributed by atoms with Gasteiger partial charge < -0.3 is 4.90 Å². The van der Waals surface area contributed by atoms with Crippen molar-refractivity contribution in [3.63, 3.8) is 0 Å². The van der Waals surface area contributed by atoms with E-state index in [0.29, 0.717) is 0 Å². The van der Waals surface area contributed by atoms with Crippen LogP contribution in [0, 0.1) is 0 Å². The third kappa shape index (κ3) is 5.05. The molecule has 0 aromatic heterocycles. The van der Waals surface area contributed by atoms with Crippen molar-refractivity contribution in [2.45, 2.75) is 30.3 Å².